The first-order valence-electron chi connectivity index (χ1n) is 9.12. The molecule has 9 heteroatoms. The summed E-state index contributed by atoms with van der Waals surface area (Å²) < 4.78 is 0. The molecule has 1 saturated heterocycles. The standard InChI is InChI=1S/C19H24N6O2S/c1-2-7-20-17(26)12-24-8-10-25(11-9-24)18(27)16-5-3-15(4-6-16)13-28-19-21-14-22-23-19/h2-6,14H,1,7-13H2,(H,20,26)(H,21,22,23). The van der Waals surface area contributed by atoms with Crippen molar-refractivity contribution in [1.82, 2.24) is 30.3 Å². The molecular formula is C19H24N6O2S. The van der Waals surface area contributed by atoms with Gasteiger partial charge in [-0.2, -0.15) is 5.10 Å². The number of rotatable bonds is 8. The van der Waals surface area contributed by atoms with Crippen LogP contribution in [0, 0.1) is 0 Å². The first-order chi connectivity index (χ1) is 13.7. The van der Waals surface area contributed by atoms with Crippen LogP contribution in [0.1, 0.15) is 15.9 Å². The number of benzene rings is 1. The Hall–Kier alpha value is -2.65. The smallest absolute Gasteiger partial charge is 0.253 e. The molecule has 0 aliphatic carbocycles. The van der Waals surface area contributed by atoms with Crippen molar-refractivity contribution in [3.05, 3.63) is 54.4 Å². The van der Waals surface area contributed by atoms with E-state index in [1.54, 1.807) is 17.8 Å². The second-order valence-electron chi connectivity index (χ2n) is 6.44. The minimum absolute atomic E-state index is 0.0153. The average molecular weight is 401 g/mol. The van der Waals surface area contributed by atoms with Crippen LogP contribution in [-0.4, -0.2) is 76.1 Å². The molecule has 1 aromatic carbocycles. The molecule has 0 bridgehead atoms. The van der Waals surface area contributed by atoms with Gasteiger partial charge in [0.15, 0.2) is 5.16 Å². The number of hydrogen-bond acceptors (Lipinski definition) is 6. The third-order valence-electron chi connectivity index (χ3n) is 4.44. The van der Waals surface area contributed by atoms with E-state index in [1.807, 2.05) is 29.2 Å². The number of aromatic nitrogens is 3. The minimum atomic E-state index is -0.0153. The zero-order valence-electron chi connectivity index (χ0n) is 15.6. The second-order valence-corrected chi connectivity index (χ2v) is 7.40. The zero-order valence-corrected chi connectivity index (χ0v) is 16.5. The maximum Gasteiger partial charge on any atom is 0.253 e. The summed E-state index contributed by atoms with van der Waals surface area (Å²) in [4.78, 5) is 32.5. The Bertz CT molecular complexity index is 785. The predicted molar refractivity (Wildman–Crippen MR) is 108 cm³/mol. The summed E-state index contributed by atoms with van der Waals surface area (Å²) in [7, 11) is 0. The van der Waals surface area contributed by atoms with Gasteiger partial charge in [-0.05, 0) is 17.7 Å². The van der Waals surface area contributed by atoms with Gasteiger partial charge in [0, 0.05) is 44.0 Å². The van der Waals surface area contributed by atoms with Gasteiger partial charge >= 0.3 is 0 Å². The Balaban J connectivity index is 1.45. The lowest BCUT2D eigenvalue weighted by Gasteiger charge is -2.34. The molecule has 3 rings (SSSR count). The molecule has 1 aromatic heterocycles. The lowest BCUT2D eigenvalue weighted by Crippen LogP contribution is -2.51. The molecule has 0 saturated carbocycles. The molecule has 2 N–H and O–H groups in total. The zero-order chi connectivity index (χ0) is 19.8. The van der Waals surface area contributed by atoms with E-state index >= 15 is 0 Å². The number of H-pyrrole nitrogens is 1. The Labute approximate surface area is 168 Å². The largest absolute Gasteiger partial charge is 0.352 e. The molecule has 0 unspecified atom stereocenters. The first kappa shape index (κ1) is 20.1. The van der Waals surface area contributed by atoms with Crippen LogP contribution in [0.3, 0.4) is 0 Å². The van der Waals surface area contributed by atoms with Gasteiger partial charge < -0.3 is 10.2 Å². The molecule has 2 heterocycles. The lowest BCUT2D eigenvalue weighted by atomic mass is 10.1. The van der Waals surface area contributed by atoms with Gasteiger partial charge in [-0.3, -0.25) is 19.6 Å². The van der Waals surface area contributed by atoms with E-state index in [1.165, 1.54) is 6.33 Å². The number of piperazine rings is 1. The number of carbonyl (C=O) groups is 2. The summed E-state index contributed by atoms with van der Waals surface area (Å²) in [5, 5.41) is 10.2. The number of thioether (sulfide) groups is 1. The summed E-state index contributed by atoms with van der Waals surface area (Å²) in [6.45, 7) is 7.05. The van der Waals surface area contributed by atoms with Crippen LogP contribution in [0.25, 0.3) is 0 Å². The third-order valence-corrected chi connectivity index (χ3v) is 5.39. The van der Waals surface area contributed by atoms with Gasteiger partial charge in [0.2, 0.25) is 5.91 Å². The number of hydrogen-bond donors (Lipinski definition) is 2. The Morgan fingerprint density at radius 1 is 1.21 bits per heavy atom. The topological polar surface area (TPSA) is 94.2 Å². The quantitative estimate of drug-likeness (QED) is 0.510. The molecule has 2 amide bonds. The van der Waals surface area contributed by atoms with Crippen molar-refractivity contribution >= 4 is 23.6 Å². The fourth-order valence-electron chi connectivity index (χ4n) is 2.90. The molecule has 1 aliphatic heterocycles. The van der Waals surface area contributed by atoms with Gasteiger partial charge in [-0.1, -0.05) is 30.0 Å². The van der Waals surface area contributed by atoms with E-state index in [4.69, 9.17) is 0 Å². The van der Waals surface area contributed by atoms with Crippen molar-refractivity contribution in [2.75, 3.05) is 39.3 Å². The van der Waals surface area contributed by atoms with Crippen molar-refractivity contribution in [2.45, 2.75) is 10.9 Å². The van der Waals surface area contributed by atoms with Crippen molar-refractivity contribution in [2.24, 2.45) is 0 Å². The van der Waals surface area contributed by atoms with Crippen LogP contribution in [-0.2, 0) is 10.5 Å². The maximum absolute atomic E-state index is 12.7. The average Bonchev–Trinajstić information content (AvgIpc) is 3.25. The summed E-state index contributed by atoms with van der Waals surface area (Å²) in [6.07, 6.45) is 3.14. The van der Waals surface area contributed by atoms with Gasteiger partial charge in [0.25, 0.3) is 5.91 Å². The summed E-state index contributed by atoms with van der Waals surface area (Å²) >= 11 is 1.56. The SMILES string of the molecule is C=CCNC(=O)CN1CCN(C(=O)c2ccc(CSc3ncn[nH]3)cc2)CC1. The molecule has 148 valence electrons. The second kappa shape index (κ2) is 10.0. The number of nitrogens with zero attached hydrogens (tertiary/aromatic N) is 4. The molecular weight excluding hydrogens is 376 g/mol. The molecule has 0 spiro atoms. The molecule has 0 radical (unpaired) electrons. The van der Waals surface area contributed by atoms with Crippen molar-refractivity contribution in [1.29, 1.82) is 0 Å². The summed E-state index contributed by atoms with van der Waals surface area (Å²) in [6, 6.07) is 7.68. The van der Waals surface area contributed by atoms with Gasteiger partial charge in [0.05, 0.1) is 6.54 Å². The summed E-state index contributed by atoms with van der Waals surface area (Å²) in [5.74, 6) is 0.777. The lowest BCUT2D eigenvalue weighted by molar-refractivity contribution is -0.122. The van der Waals surface area contributed by atoms with Crippen molar-refractivity contribution < 1.29 is 9.59 Å². The molecule has 2 aromatic rings. The van der Waals surface area contributed by atoms with E-state index in [-0.39, 0.29) is 11.8 Å². The highest BCUT2D eigenvalue weighted by Crippen LogP contribution is 2.19. The highest BCUT2D eigenvalue weighted by Gasteiger charge is 2.23. The van der Waals surface area contributed by atoms with E-state index < -0.39 is 0 Å². The van der Waals surface area contributed by atoms with E-state index in [0.717, 1.165) is 16.5 Å². The van der Waals surface area contributed by atoms with Crippen molar-refractivity contribution in [3.63, 3.8) is 0 Å². The molecule has 1 aliphatic rings. The van der Waals surface area contributed by atoms with Crippen LogP contribution in [0.5, 0.6) is 0 Å². The highest BCUT2D eigenvalue weighted by atomic mass is 32.2. The van der Waals surface area contributed by atoms with Crippen LogP contribution >= 0.6 is 11.8 Å². The van der Waals surface area contributed by atoms with Crippen molar-refractivity contribution in [3.8, 4) is 0 Å². The molecule has 28 heavy (non-hydrogen) atoms. The van der Waals surface area contributed by atoms with Crippen LogP contribution in [0.15, 0.2) is 48.4 Å². The van der Waals surface area contributed by atoms with E-state index in [9.17, 15) is 9.59 Å². The monoisotopic (exact) mass is 400 g/mol. The molecule has 0 atom stereocenters. The van der Waals surface area contributed by atoms with Gasteiger partial charge in [-0.25, -0.2) is 4.98 Å². The van der Waals surface area contributed by atoms with Gasteiger partial charge in [-0.15, -0.1) is 6.58 Å². The molecule has 8 nitrogen and oxygen atoms in total. The minimum Gasteiger partial charge on any atom is -0.352 e. The molecule has 1 fully saturated rings. The number of aromatic amines is 1. The van der Waals surface area contributed by atoms with E-state index in [2.05, 4.69) is 32.0 Å². The van der Waals surface area contributed by atoms with Crippen LogP contribution < -0.4 is 5.32 Å². The van der Waals surface area contributed by atoms with Gasteiger partial charge in [0.1, 0.15) is 6.33 Å². The first-order valence-corrected chi connectivity index (χ1v) is 10.1. The number of nitrogens with one attached hydrogen (secondary N) is 2. The van der Waals surface area contributed by atoms with E-state index in [0.29, 0.717) is 44.8 Å². The Kier molecular flexibility index (Phi) is 7.21. The highest BCUT2D eigenvalue weighted by molar-refractivity contribution is 7.98. The number of amides is 2. The third kappa shape index (κ3) is 5.67. The normalized spacial score (nSPS) is 14.6. The van der Waals surface area contributed by atoms with Crippen LogP contribution in [0.4, 0.5) is 0 Å². The maximum atomic E-state index is 12.7. The Morgan fingerprint density at radius 2 is 1.96 bits per heavy atom. The van der Waals surface area contributed by atoms with Crippen LogP contribution in [0.2, 0.25) is 0 Å². The fourth-order valence-corrected chi connectivity index (χ4v) is 3.63. The predicted octanol–water partition coefficient (Wildman–Crippen LogP) is 1.16. The summed E-state index contributed by atoms with van der Waals surface area (Å²) in [5.41, 5.74) is 1.80. The fraction of sp³-hybridized carbons (Fsp3) is 0.368. The number of carbonyl (C=O) groups excluding carboxylic acids is 2. The Morgan fingerprint density at radius 3 is 2.61 bits per heavy atom.